The molecule has 1 unspecified atom stereocenters. The van der Waals surface area contributed by atoms with Crippen LogP contribution in [0.5, 0.6) is 0 Å². The average molecular weight is 262 g/mol. The van der Waals surface area contributed by atoms with Crippen molar-refractivity contribution < 1.29 is 0 Å². The molecule has 0 amide bonds. The van der Waals surface area contributed by atoms with Crippen molar-refractivity contribution in [2.24, 2.45) is 5.92 Å². The standard InChI is InChI=1S/C20H22/c1-2-7-15(8-3-1)17-13-18(14-17)20-12-6-10-16-9-4-5-11-19(16)20/h1-5,7-9,11,17-18,20H,6,10,12-14H2. The van der Waals surface area contributed by atoms with Gasteiger partial charge in [-0.05, 0) is 66.5 Å². The van der Waals surface area contributed by atoms with E-state index in [0.717, 1.165) is 17.8 Å². The van der Waals surface area contributed by atoms with Gasteiger partial charge in [0.2, 0.25) is 0 Å². The Morgan fingerprint density at radius 2 is 1.55 bits per heavy atom. The van der Waals surface area contributed by atoms with E-state index in [1.807, 2.05) is 0 Å². The summed E-state index contributed by atoms with van der Waals surface area (Å²) in [5, 5.41) is 0. The molecule has 4 rings (SSSR count). The lowest BCUT2D eigenvalue weighted by atomic mass is 9.62. The lowest BCUT2D eigenvalue weighted by Gasteiger charge is -2.43. The number of rotatable bonds is 2. The summed E-state index contributed by atoms with van der Waals surface area (Å²) in [6.45, 7) is 0. The van der Waals surface area contributed by atoms with E-state index in [9.17, 15) is 0 Å². The van der Waals surface area contributed by atoms with Gasteiger partial charge in [-0.15, -0.1) is 0 Å². The Hall–Kier alpha value is -1.56. The van der Waals surface area contributed by atoms with Crippen molar-refractivity contribution in [1.29, 1.82) is 0 Å². The maximum Gasteiger partial charge on any atom is -0.0130 e. The fourth-order valence-corrected chi connectivity index (χ4v) is 4.27. The van der Waals surface area contributed by atoms with Gasteiger partial charge in [-0.2, -0.15) is 0 Å². The molecule has 0 nitrogen and oxygen atoms in total. The minimum atomic E-state index is 0.815. The number of fused-ring (bicyclic) bond motifs is 1. The Morgan fingerprint density at radius 1 is 0.800 bits per heavy atom. The Labute approximate surface area is 121 Å². The number of benzene rings is 2. The lowest BCUT2D eigenvalue weighted by molar-refractivity contribution is 0.205. The first kappa shape index (κ1) is 12.2. The van der Waals surface area contributed by atoms with Gasteiger partial charge in [-0.1, -0.05) is 54.6 Å². The summed E-state index contributed by atoms with van der Waals surface area (Å²) in [4.78, 5) is 0. The second-order valence-corrected chi connectivity index (χ2v) is 6.54. The summed E-state index contributed by atoms with van der Waals surface area (Å²) in [6, 6.07) is 20.2. The summed E-state index contributed by atoms with van der Waals surface area (Å²) in [7, 11) is 0. The van der Waals surface area contributed by atoms with Crippen LogP contribution in [0.25, 0.3) is 0 Å². The molecule has 0 heteroatoms. The van der Waals surface area contributed by atoms with Crippen LogP contribution in [0, 0.1) is 5.92 Å². The van der Waals surface area contributed by atoms with Gasteiger partial charge in [0.05, 0.1) is 0 Å². The van der Waals surface area contributed by atoms with E-state index in [1.165, 1.54) is 32.1 Å². The van der Waals surface area contributed by atoms with Gasteiger partial charge in [0.1, 0.15) is 0 Å². The van der Waals surface area contributed by atoms with E-state index in [4.69, 9.17) is 0 Å². The van der Waals surface area contributed by atoms with Gasteiger partial charge in [-0.25, -0.2) is 0 Å². The summed E-state index contributed by atoms with van der Waals surface area (Å²) in [6.07, 6.45) is 6.87. The molecule has 0 radical (unpaired) electrons. The van der Waals surface area contributed by atoms with Crippen LogP contribution in [-0.4, -0.2) is 0 Å². The first-order valence-electron chi connectivity index (χ1n) is 8.04. The quantitative estimate of drug-likeness (QED) is 0.689. The van der Waals surface area contributed by atoms with Crippen molar-refractivity contribution >= 4 is 0 Å². The largest absolute Gasteiger partial charge is 0.0622 e. The van der Waals surface area contributed by atoms with Gasteiger partial charge in [0.25, 0.3) is 0 Å². The van der Waals surface area contributed by atoms with Crippen molar-refractivity contribution in [3.8, 4) is 0 Å². The smallest absolute Gasteiger partial charge is 0.0130 e. The fraction of sp³-hybridized carbons (Fsp3) is 0.400. The molecule has 2 aliphatic rings. The average Bonchev–Trinajstić information content (AvgIpc) is 2.47. The van der Waals surface area contributed by atoms with Crippen molar-refractivity contribution in [1.82, 2.24) is 0 Å². The minimum absolute atomic E-state index is 0.815. The maximum absolute atomic E-state index is 2.38. The van der Waals surface area contributed by atoms with Crippen LogP contribution < -0.4 is 0 Å². The predicted molar refractivity (Wildman–Crippen MR) is 84.0 cm³/mol. The highest BCUT2D eigenvalue weighted by Crippen LogP contribution is 2.51. The molecule has 0 N–H and O–H groups in total. The zero-order valence-electron chi connectivity index (χ0n) is 12.0. The Balaban J connectivity index is 1.49. The molecule has 102 valence electrons. The summed E-state index contributed by atoms with van der Waals surface area (Å²) in [5.74, 6) is 2.57. The zero-order chi connectivity index (χ0) is 13.4. The molecular formula is C20H22. The molecule has 2 aromatic rings. The predicted octanol–water partition coefficient (Wildman–Crippen LogP) is 5.30. The van der Waals surface area contributed by atoms with Crippen LogP contribution in [0.1, 0.15) is 54.2 Å². The van der Waals surface area contributed by atoms with Crippen LogP contribution in [0.4, 0.5) is 0 Å². The second kappa shape index (κ2) is 5.09. The van der Waals surface area contributed by atoms with Crippen LogP contribution >= 0.6 is 0 Å². The topological polar surface area (TPSA) is 0 Å². The third kappa shape index (κ3) is 2.08. The minimum Gasteiger partial charge on any atom is -0.0622 e. The Bertz CT molecular complexity index is 578. The third-order valence-electron chi connectivity index (χ3n) is 5.43. The Kier molecular flexibility index (Phi) is 3.10. The van der Waals surface area contributed by atoms with Gasteiger partial charge < -0.3 is 0 Å². The summed E-state index contributed by atoms with van der Waals surface area (Å²) in [5.41, 5.74) is 4.83. The molecule has 2 aromatic carbocycles. The molecule has 0 aliphatic heterocycles. The summed E-state index contributed by atoms with van der Waals surface area (Å²) >= 11 is 0. The first-order chi connectivity index (χ1) is 9.92. The van der Waals surface area contributed by atoms with E-state index in [2.05, 4.69) is 54.6 Å². The summed E-state index contributed by atoms with van der Waals surface area (Å²) < 4.78 is 0. The SMILES string of the molecule is c1ccc(C2CC(C3CCCc4ccccc43)C2)cc1. The Morgan fingerprint density at radius 3 is 2.40 bits per heavy atom. The van der Waals surface area contributed by atoms with Gasteiger partial charge in [0, 0.05) is 0 Å². The van der Waals surface area contributed by atoms with E-state index in [1.54, 1.807) is 16.7 Å². The molecular weight excluding hydrogens is 240 g/mol. The zero-order valence-corrected chi connectivity index (χ0v) is 12.0. The van der Waals surface area contributed by atoms with Crippen LogP contribution in [-0.2, 0) is 6.42 Å². The molecule has 0 saturated heterocycles. The number of hydrogen-bond acceptors (Lipinski definition) is 0. The lowest BCUT2D eigenvalue weighted by Crippen LogP contribution is -2.29. The first-order valence-corrected chi connectivity index (χ1v) is 8.04. The van der Waals surface area contributed by atoms with Crippen LogP contribution in [0.2, 0.25) is 0 Å². The number of aryl methyl sites for hydroxylation is 1. The van der Waals surface area contributed by atoms with Crippen molar-refractivity contribution in [3.05, 3.63) is 71.3 Å². The second-order valence-electron chi connectivity index (χ2n) is 6.54. The molecule has 1 fully saturated rings. The van der Waals surface area contributed by atoms with Crippen molar-refractivity contribution in [2.75, 3.05) is 0 Å². The molecule has 0 bridgehead atoms. The number of hydrogen-bond donors (Lipinski definition) is 0. The highest BCUT2D eigenvalue weighted by atomic mass is 14.4. The third-order valence-corrected chi connectivity index (χ3v) is 5.43. The monoisotopic (exact) mass is 262 g/mol. The fourth-order valence-electron chi connectivity index (χ4n) is 4.27. The van der Waals surface area contributed by atoms with E-state index in [0.29, 0.717) is 0 Å². The van der Waals surface area contributed by atoms with Gasteiger partial charge in [-0.3, -0.25) is 0 Å². The maximum atomic E-state index is 2.38. The molecule has 0 spiro atoms. The van der Waals surface area contributed by atoms with Crippen LogP contribution in [0.3, 0.4) is 0 Å². The van der Waals surface area contributed by atoms with E-state index in [-0.39, 0.29) is 0 Å². The molecule has 0 aromatic heterocycles. The van der Waals surface area contributed by atoms with Gasteiger partial charge >= 0.3 is 0 Å². The normalized spacial score (nSPS) is 28.5. The van der Waals surface area contributed by atoms with E-state index < -0.39 is 0 Å². The van der Waals surface area contributed by atoms with Gasteiger partial charge in [0.15, 0.2) is 0 Å². The molecule has 1 atom stereocenters. The van der Waals surface area contributed by atoms with Crippen molar-refractivity contribution in [2.45, 2.75) is 43.9 Å². The van der Waals surface area contributed by atoms with Crippen LogP contribution in [0.15, 0.2) is 54.6 Å². The molecule has 20 heavy (non-hydrogen) atoms. The molecule has 2 aliphatic carbocycles. The van der Waals surface area contributed by atoms with E-state index >= 15 is 0 Å². The molecule has 1 saturated carbocycles. The highest BCUT2D eigenvalue weighted by molar-refractivity contribution is 5.34. The van der Waals surface area contributed by atoms with Crippen molar-refractivity contribution in [3.63, 3.8) is 0 Å². The molecule has 0 heterocycles. The highest BCUT2D eigenvalue weighted by Gasteiger charge is 2.37.